The number of benzene rings is 1. The minimum Gasteiger partial charge on any atom is -0.373 e. The zero-order chi connectivity index (χ0) is 16.1. The third-order valence-electron chi connectivity index (χ3n) is 4.01. The first kappa shape index (κ1) is 16.1. The summed E-state index contributed by atoms with van der Waals surface area (Å²) in [4.78, 5) is 18.5. The van der Waals surface area contributed by atoms with E-state index < -0.39 is 0 Å². The van der Waals surface area contributed by atoms with E-state index in [1.807, 2.05) is 13.0 Å². The van der Waals surface area contributed by atoms with E-state index >= 15 is 0 Å². The van der Waals surface area contributed by atoms with Crippen LogP contribution in [-0.2, 0) is 11.3 Å². The molecule has 0 spiro atoms. The molecule has 6 heteroatoms. The molecule has 122 valence electrons. The van der Waals surface area contributed by atoms with Crippen LogP contribution in [0.1, 0.15) is 23.0 Å². The van der Waals surface area contributed by atoms with Crippen LogP contribution in [0.2, 0.25) is 0 Å². The number of nitrogens with one attached hydrogen (secondary N) is 1. The highest BCUT2D eigenvalue weighted by molar-refractivity contribution is 7.07. The van der Waals surface area contributed by atoms with Crippen molar-refractivity contribution in [2.45, 2.75) is 25.6 Å². The molecule has 5 nitrogen and oxygen atoms in total. The summed E-state index contributed by atoms with van der Waals surface area (Å²) in [5, 5.41) is 4.75. The molecule has 1 fully saturated rings. The van der Waals surface area contributed by atoms with Gasteiger partial charge >= 0.3 is 0 Å². The van der Waals surface area contributed by atoms with Gasteiger partial charge in [-0.1, -0.05) is 30.3 Å². The molecule has 2 atom stereocenters. The SMILES string of the molecule is C[C@H](NC(=O)c1cscn1)[C@@H]1CN(Cc2ccccc2)CCO1. The number of ether oxygens (including phenoxy) is 1. The molecule has 1 N–H and O–H groups in total. The van der Waals surface area contributed by atoms with Crippen LogP contribution in [-0.4, -0.2) is 47.6 Å². The third-order valence-corrected chi connectivity index (χ3v) is 4.59. The standard InChI is InChI=1S/C17H21N3O2S/c1-13(19-17(21)15-11-23-12-18-15)16-10-20(7-8-22-16)9-14-5-3-2-4-6-14/h2-6,11-13,16H,7-10H2,1H3,(H,19,21)/t13-,16-/m0/s1. The van der Waals surface area contributed by atoms with Crippen LogP contribution in [0.25, 0.3) is 0 Å². The fraction of sp³-hybridized carbons (Fsp3) is 0.412. The topological polar surface area (TPSA) is 54.5 Å². The largest absolute Gasteiger partial charge is 0.373 e. The van der Waals surface area contributed by atoms with Gasteiger partial charge in [0.25, 0.3) is 5.91 Å². The number of thiazole rings is 1. The van der Waals surface area contributed by atoms with Crippen LogP contribution >= 0.6 is 11.3 Å². The molecule has 1 saturated heterocycles. The van der Waals surface area contributed by atoms with E-state index in [0.29, 0.717) is 12.3 Å². The van der Waals surface area contributed by atoms with Gasteiger partial charge in [-0.05, 0) is 12.5 Å². The van der Waals surface area contributed by atoms with Crippen molar-refractivity contribution in [2.24, 2.45) is 0 Å². The van der Waals surface area contributed by atoms with Crippen molar-refractivity contribution in [3.63, 3.8) is 0 Å². The number of amides is 1. The summed E-state index contributed by atoms with van der Waals surface area (Å²) in [6.07, 6.45) is -0.00459. The predicted molar refractivity (Wildman–Crippen MR) is 90.5 cm³/mol. The van der Waals surface area contributed by atoms with Gasteiger partial charge in [-0.25, -0.2) is 4.98 Å². The maximum Gasteiger partial charge on any atom is 0.271 e. The number of carbonyl (C=O) groups excluding carboxylic acids is 1. The first-order valence-corrected chi connectivity index (χ1v) is 8.73. The van der Waals surface area contributed by atoms with Crippen LogP contribution in [0, 0.1) is 0 Å². The summed E-state index contributed by atoms with van der Waals surface area (Å²) < 4.78 is 5.85. The molecule has 0 radical (unpaired) electrons. The van der Waals surface area contributed by atoms with Crippen LogP contribution in [0.3, 0.4) is 0 Å². The maximum atomic E-state index is 12.1. The Morgan fingerprint density at radius 3 is 3.04 bits per heavy atom. The number of nitrogens with zero attached hydrogens (tertiary/aromatic N) is 2. The highest BCUT2D eigenvalue weighted by atomic mass is 32.1. The van der Waals surface area contributed by atoms with Gasteiger partial charge in [0, 0.05) is 25.0 Å². The summed E-state index contributed by atoms with van der Waals surface area (Å²) >= 11 is 1.42. The lowest BCUT2D eigenvalue weighted by atomic mass is 10.1. The van der Waals surface area contributed by atoms with E-state index in [2.05, 4.69) is 39.5 Å². The Hall–Kier alpha value is -1.76. The lowest BCUT2D eigenvalue weighted by molar-refractivity contribution is -0.0449. The van der Waals surface area contributed by atoms with E-state index in [1.54, 1.807) is 10.9 Å². The highest BCUT2D eigenvalue weighted by Gasteiger charge is 2.27. The second kappa shape index (κ2) is 7.68. The Kier molecular flexibility index (Phi) is 5.38. The summed E-state index contributed by atoms with van der Waals surface area (Å²) in [6, 6.07) is 10.4. The molecular weight excluding hydrogens is 310 g/mol. The molecule has 0 unspecified atom stereocenters. The Balaban J connectivity index is 1.54. The molecule has 2 aromatic rings. The average molecular weight is 331 g/mol. The molecule has 23 heavy (non-hydrogen) atoms. The minimum absolute atomic E-state index is 0.00459. The summed E-state index contributed by atoms with van der Waals surface area (Å²) in [6.45, 7) is 5.31. The molecule has 1 aliphatic rings. The van der Waals surface area contributed by atoms with Gasteiger partial charge < -0.3 is 10.1 Å². The number of carbonyl (C=O) groups is 1. The van der Waals surface area contributed by atoms with Gasteiger partial charge in [0.05, 0.1) is 24.3 Å². The van der Waals surface area contributed by atoms with Crippen LogP contribution in [0.15, 0.2) is 41.2 Å². The normalized spacial score (nSPS) is 20.1. The van der Waals surface area contributed by atoms with Gasteiger partial charge in [0.15, 0.2) is 0 Å². The molecule has 1 aromatic heterocycles. The molecule has 1 aromatic carbocycles. The van der Waals surface area contributed by atoms with E-state index in [-0.39, 0.29) is 18.1 Å². The maximum absolute atomic E-state index is 12.1. The number of morpholine rings is 1. The summed E-state index contributed by atoms with van der Waals surface area (Å²) in [5.74, 6) is -0.137. The molecule has 0 saturated carbocycles. The van der Waals surface area contributed by atoms with E-state index in [4.69, 9.17) is 4.74 Å². The van der Waals surface area contributed by atoms with Crippen molar-refractivity contribution in [3.8, 4) is 0 Å². The van der Waals surface area contributed by atoms with Crippen LogP contribution in [0.5, 0.6) is 0 Å². The monoisotopic (exact) mass is 331 g/mol. The fourth-order valence-corrected chi connectivity index (χ4v) is 3.25. The smallest absolute Gasteiger partial charge is 0.271 e. The van der Waals surface area contributed by atoms with Crippen molar-refractivity contribution >= 4 is 17.2 Å². The number of aromatic nitrogens is 1. The lowest BCUT2D eigenvalue weighted by Crippen LogP contribution is -2.52. The van der Waals surface area contributed by atoms with Crippen molar-refractivity contribution in [1.29, 1.82) is 0 Å². The first-order chi connectivity index (χ1) is 11.2. The van der Waals surface area contributed by atoms with Crippen molar-refractivity contribution < 1.29 is 9.53 Å². The molecular formula is C17H21N3O2S. The zero-order valence-corrected chi connectivity index (χ0v) is 14.0. The highest BCUT2D eigenvalue weighted by Crippen LogP contribution is 2.13. The molecule has 3 rings (SSSR count). The zero-order valence-electron chi connectivity index (χ0n) is 13.1. The van der Waals surface area contributed by atoms with E-state index in [0.717, 1.165) is 19.6 Å². The lowest BCUT2D eigenvalue weighted by Gasteiger charge is -2.36. The number of hydrogen-bond donors (Lipinski definition) is 1. The van der Waals surface area contributed by atoms with Crippen molar-refractivity contribution in [1.82, 2.24) is 15.2 Å². The van der Waals surface area contributed by atoms with E-state index in [9.17, 15) is 4.79 Å². The van der Waals surface area contributed by atoms with Gasteiger partial charge in [-0.2, -0.15) is 0 Å². The van der Waals surface area contributed by atoms with Crippen molar-refractivity contribution in [2.75, 3.05) is 19.7 Å². The van der Waals surface area contributed by atoms with Crippen molar-refractivity contribution in [3.05, 3.63) is 52.5 Å². The third kappa shape index (κ3) is 4.37. The van der Waals surface area contributed by atoms with Gasteiger partial charge in [0.1, 0.15) is 5.69 Å². The molecule has 1 amide bonds. The Morgan fingerprint density at radius 2 is 2.30 bits per heavy atom. The van der Waals surface area contributed by atoms with Gasteiger partial charge in [0.2, 0.25) is 0 Å². The summed E-state index contributed by atoms with van der Waals surface area (Å²) in [7, 11) is 0. The van der Waals surface area contributed by atoms with Crippen LogP contribution < -0.4 is 5.32 Å². The van der Waals surface area contributed by atoms with E-state index in [1.165, 1.54) is 16.9 Å². The minimum atomic E-state index is -0.137. The average Bonchev–Trinajstić information content (AvgIpc) is 3.10. The second-order valence-corrected chi connectivity index (χ2v) is 6.48. The summed E-state index contributed by atoms with van der Waals surface area (Å²) in [5.41, 5.74) is 3.43. The first-order valence-electron chi connectivity index (χ1n) is 7.79. The van der Waals surface area contributed by atoms with Gasteiger partial charge in [-0.3, -0.25) is 9.69 Å². The Morgan fingerprint density at radius 1 is 1.48 bits per heavy atom. The second-order valence-electron chi connectivity index (χ2n) is 5.77. The quantitative estimate of drug-likeness (QED) is 0.912. The Bertz CT molecular complexity index is 618. The molecule has 2 heterocycles. The molecule has 0 bridgehead atoms. The number of rotatable bonds is 5. The molecule has 0 aliphatic carbocycles. The number of hydrogen-bond acceptors (Lipinski definition) is 5. The fourth-order valence-electron chi connectivity index (χ4n) is 2.72. The predicted octanol–water partition coefficient (Wildman–Crippen LogP) is 2.16. The Labute approximate surface area is 140 Å². The van der Waals surface area contributed by atoms with Crippen LogP contribution in [0.4, 0.5) is 0 Å². The van der Waals surface area contributed by atoms with Gasteiger partial charge in [-0.15, -0.1) is 11.3 Å². The molecule has 1 aliphatic heterocycles.